The first-order valence-corrected chi connectivity index (χ1v) is 15.9. The van der Waals surface area contributed by atoms with E-state index in [1.54, 1.807) is 18.7 Å². The summed E-state index contributed by atoms with van der Waals surface area (Å²) in [6.45, 7) is 8.42. The highest BCUT2D eigenvalue weighted by Gasteiger charge is 2.27. The Morgan fingerprint density at radius 3 is 2.07 bits per heavy atom. The van der Waals surface area contributed by atoms with Crippen molar-refractivity contribution in [3.05, 3.63) is 70.8 Å². The van der Waals surface area contributed by atoms with E-state index in [0.29, 0.717) is 13.1 Å². The van der Waals surface area contributed by atoms with Crippen LogP contribution in [0.4, 0.5) is 0 Å². The molecule has 0 aliphatic carbocycles. The molecule has 0 saturated heterocycles. The van der Waals surface area contributed by atoms with Crippen molar-refractivity contribution in [1.29, 1.82) is 0 Å². The van der Waals surface area contributed by atoms with Gasteiger partial charge in [-0.3, -0.25) is 14.4 Å². The van der Waals surface area contributed by atoms with Gasteiger partial charge >= 0.3 is 0 Å². The number of benzene rings is 2. The molecule has 0 bridgehead atoms. The van der Waals surface area contributed by atoms with Crippen molar-refractivity contribution in [2.45, 2.75) is 59.1 Å². The molecule has 2 aromatic rings. The minimum Gasteiger partial charge on any atom is -0.390 e. The zero-order valence-corrected chi connectivity index (χ0v) is 26.0. The Hall–Kier alpha value is -3.32. The average Bonchev–Trinajstić information content (AvgIpc) is 2.91. The summed E-state index contributed by atoms with van der Waals surface area (Å²) in [5.41, 5.74) is 6.59. The number of hydrazine groups is 1. The number of hydrogen-bond acceptors (Lipinski definition) is 7. The van der Waals surface area contributed by atoms with Crippen molar-refractivity contribution < 1.29 is 27.9 Å². The first kappa shape index (κ1) is 34.9. The van der Waals surface area contributed by atoms with Gasteiger partial charge < -0.3 is 21.1 Å². The third kappa shape index (κ3) is 11.2. The SMILES string of the molecule is CCCN(CCC)C(=O)c1cc(C(N)=O)cc(C(=O)NC(Cc2ccccc2)C(O)CN(C)NS(=O)(=O)CC(C)C)c1. The Kier molecular flexibility index (Phi) is 13.6. The molecule has 0 saturated carbocycles. The van der Waals surface area contributed by atoms with Crippen LogP contribution in [0.1, 0.15) is 77.2 Å². The van der Waals surface area contributed by atoms with Gasteiger partial charge in [0.25, 0.3) is 11.8 Å². The average molecular weight is 604 g/mol. The quantitative estimate of drug-likeness (QED) is 0.201. The van der Waals surface area contributed by atoms with Crippen LogP contribution in [-0.4, -0.2) is 85.7 Å². The highest BCUT2D eigenvalue weighted by atomic mass is 32.2. The fraction of sp³-hybridized carbons (Fsp3) is 0.500. The van der Waals surface area contributed by atoms with Crippen molar-refractivity contribution in [1.82, 2.24) is 20.1 Å². The number of rotatable bonds is 17. The van der Waals surface area contributed by atoms with Crippen molar-refractivity contribution in [3.8, 4) is 0 Å². The monoisotopic (exact) mass is 603 g/mol. The molecule has 0 fully saturated rings. The number of aliphatic hydroxyl groups is 1. The van der Waals surface area contributed by atoms with Crippen LogP contribution < -0.4 is 15.9 Å². The van der Waals surface area contributed by atoms with Crippen LogP contribution in [-0.2, 0) is 16.4 Å². The van der Waals surface area contributed by atoms with Crippen LogP contribution in [0.15, 0.2) is 48.5 Å². The van der Waals surface area contributed by atoms with Crippen molar-refractivity contribution >= 4 is 27.7 Å². The first-order valence-electron chi connectivity index (χ1n) is 14.2. The molecular formula is C30H45N5O6S. The van der Waals surface area contributed by atoms with Crippen LogP contribution >= 0.6 is 0 Å². The van der Waals surface area contributed by atoms with Crippen molar-refractivity contribution in [3.63, 3.8) is 0 Å². The second-order valence-corrected chi connectivity index (χ2v) is 12.7. The normalized spacial score (nSPS) is 13.1. The van der Waals surface area contributed by atoms with Crippen LogP contribution in [0.5, 0.6) is 0 Å². The zero-order chi connectivity index (χ0) is 31.4. The fourth-order valence-corrected chi connectivity index (χ4v) is 6.12. The van der Waals surface area contributed by atoms with Gasteiger partial charge in [0.2, 0.25) is 15.9 Å². The van der Waals surface area contributed by atoms with E-state index < -0.39 is 34.0 Å². The molecule has 5 N–H and O–H groups in total. The first-order chi connectivity index (χ1) is 19.8. The van der Waals surface area contributed by atoms with Gasteiger partial charge in [-0.05, 0) is 48.9 Å². The van der Waals surface area contributed by atoms with Crippen LogP contribution in [0.3, 0.4) is 0 Å². The number of nitrogens with two attached hydrogens (primary N) is 1. The van der Waals surface area contributed by atoms with Gasteiger partial charge in [0.05, 0.1) is 17.9 Å². The number of carbonyl (C=O) groups is 3. The van der Waals surface area contributed by atoms with Crippen molar-refractivity contribution in [2.24, 2.45) is 11.7 Å². The van der Waals surface area contributed by atoms with Crippen LogP contribution in [0, 0.1) is 5.92 Å². The molecule has 12 heteroatoms. The summed E-state index contributed by atoms with van der Waals surface area (Å²) < 4.78 is 24.8. The molecule has 0 aliphatic heterocycles. The van der Waals surface area contributed by atoms with E-state index >= 15 is 0 Å². The molecule has 2 aromatic carbocycles. The number of likely N-dealkylation sites (N-methyl/N-ethyl adjacent to an activating group) is 1. The lowest BCUT2D eigenvalue weighted by molar-refractivity contribution is 0.0687. The third-order valence-electron chi connectivity index (χ3n) is 6.39. The van der Waals surface area contributed by atoms with Gasteiger partial charge in [-0.1, -0.05) is 58.0 Å². The number of nitrogens with zero attached hydrogens (tertiary/aromatic N) is 2. The van der Waals surface area contributed by atoms with E-state index in [2.05, 4.69) is 10.1 Å². The summed E-state index contributed by atoms with van der Waals surface area (Å²) in [6, 6.07) is 12.5. The Balaban J connectivity index is 2.36. The fourth-order valence-electron chi connectivity index (χ4n) is 4.62. The minimum absolute atomic E-state index is 0.0124. The highest BCUT2D eigenvalue weighted by Crippen LogP contribution is 2.16. The molecule has 11 nitrogen and oxygen atoms in total. The number of hydrogen-bond donors (Lipinski definition) is 4. The lowest BCUT2D eigenvalue weighted by Crippen LogP contribution is -2.52. The third-order valence-corrected chi connectivity index (χ3v) is 8.08. The second kappa shape index (κ2) is 16.4. The van der Waals surface area contributed by atoms with E-state index in [1.807, 2.05) is 44.2 Å². The molecule has 2 atom stereocenters. The maximum absolute atomic E-state index is 13.5. The number of nitrogens with one attached hydrogen (secondary N) is 2. The standard InChI is InChI=1S/C30H45N5O6S/c1-6-13-35(14-7-2)30(39)25-17-23(28(31)37)16-24(18-25)29(38)32-26(15-22-11-9-8-10-12-22)27(36)19-34(5)33-42(40,41)20-21(3)4/h8-12,16-18,21,26-27,33,36H,6-7,13-15,19-20H2,1-5H3,(H2,31,37)(H,32,38). The summed E-state index contributed by atoms with van der Waals surface area (Å²) in [5.74, 6) is -1.88. The lowest BCUT2D eigenvalue weighted by atomic mass is 9.99. The number of primary amides is 1. The lowest BCUT2D eigenvalue weighted by Gasteiger charge is -2.28. The molecule has 0 heterocycles. The topological polar surface area (TPSA) is 162 Å². The molecule has 2 unspecified atom stereocenters. The van der Waals surface area contributed by atoms with E-state index in [0.717, 1.165) is 18.4 Å². The van der Waals surface area contributed by atoms with Gasteiger partial charge in [0.15, 0.2) is 0 Å². The number of aliphatic hydroxyl groups excluding tert-OH is 1. The molecule has 3 amide bonds. The molecule has 232 valence electrons. The van der Waals surface area contributed by atoms with Gasteiger partial charge in [0, 0.05) is 43.4 Å². The Bertz CT molecular complexity index is 1300. The van der Waals surface area contributed by atoms with Gasteiger partial charge in [-0.15, -0.1) is 4.83 Å². The molecule has 42 heavy (non-hydrogen) atoms. The molecule has 0 aliphatic rings. The minimum atomic E-state index is -3.62. The smallest absolute Gasteiger partial charge is 0.253 e. The highest BCUT2D eigenvalue weighted by molar-refractivity contribution is 7.89. The molecular weight excluding hydrogens is 558 g/mol. The van der Waals surface area contributed by atoms with E-state index in [-0.39, 0.29) is 47.2 Å². The Morgan fingerprint density at radius 2 is 1.52 bits per heavy atom. The predicted octanol–water partition coefficient (Wildman–Crippen LogP) is 2.17. The van der Waals surface area contributed by atoms with Gasteiger partial charge in [0.1, 0.15) is 0 Å². The van der Waals surface area contributed by atoms with Gasteiger partial charge in [-0.2, -0.15) is 0 Å². The predicted molar refractivity (Wildman–Crippen MR) is 163 cm³/mol. The van der Waals surface area contributed by atoms with E-state index in [4.69, 9.17) is 5.73 Å². The summed E-state index contributed by atoms with van der Waals surface area (Å²) in [5, 5.41) is 15.3. The maximum Gasteiger partial charge on any atom is 0.253 e. The number of amides is 3. The summed E-state index contributed by atoms with van der Waals surface area (Å²) in [6.07, 6.45) is 0.541. The number of sulfonamides is 1. The van der Waals surface area contributed by atoms with Gasteiger partial charge in [-0.25, -0.2) is 13.4 Å². The Labute approximate surface area is 249 Å². The second-order valence-electron chi connectivity index (χ2n) is 10.9. The molecule has 0 spiro atoms. The van der Waals surface area contributed by atoms with Crippen LogP contribution in [0.25, 0.3) is 0 Å². The van der Waals surface area contributed by atoms with Crippen LogP contribution in [0.2, 0.25) is 0 Å². The van der Waals surface area contributed by atoms with Crippen molar-refractivity contribution in [2.75, 3.05) is 32.4 Å². The number of carbonyl (C=O) groups excluding carboxylic acids is 3. The summed E-state index contributed by atoms with van der Waals surface area (Å²) in [7, 11) is -2.12. The van der Waals surface area contributed by atoms with E-state index in [9.17, 15) is 27.9 Å². The Morgan fingerprint density at radius 1 is 0.952 bits per heavy atom. The summed E-state index contributed by atoms with van der Waals surface area (Å²) in [4.78, 5) is 43.0. The largest absolute Gasteiger partial charge is 0.390 e. The van der Waals surface area contributed by atoms with E-state index in [1.165, 1.54) is 30.3 Å². The maximum atomic E-state index is 13.5. The summed E-state index contributed by atoms with van der Waals surface area (Å²) >= 11 is 0. The molecule has 0 radical (unpaired) electrons. The zero-order valence-electron chi connectivity index (χ0n) is 25.2. The molecule has 0 aromatic heterocycles. The molecule has 2 rings (SSSR count).